The fraction of sp³-hybridized carbons (Fsp3) is 0.556. The van der Waals surface area contributed by atoms with Crippen LogP contribution in [0.4, 0.5) is 0 Å². The number of carbonyl (C=O) groups is 2. The molecule has 0 bridgehead atoms. The van der Waals surface area contributed by atoms with E-state index in [1.165, 1.54) is 12.1 Å². The number of carbonyl (C=O) groups excluding carboxylic acids is 1. The summed E-state index contributed by atoms with van der Waals surface area (Å²) >= 11 is 0. The van der Waals surface area contributed by atoms with Gasteiger partial charge in [-0.1, -0.05) is 6.07 Å². The Kier molecular flexibility index (Phi) is 8.94. The molecule has 0 aromatic heterocycles. The molecule has 0 spiro atoms. The van der Waals surface area contributed by atoms with Crippen molar-refractivity contribution in [3.8, 4) is 5.75 Å². The monoisotopic (exact) mass is 354 g/mol. The predicted octanol–water partition coefficient (Wildman–Crippen LogP) is 2.53. The van der Waals surface area contributed by atoms with Gasteiger partial charge >= 0.3 is 11.9 Å². The SMILES string of the molecule is CC(C)(C)OC(=O)CCOCCOCCOc1cccc(C(=O)O)c1. The number of carboxylic acids is 1. The molecular weight excluding hydrogens is 328 g/mol. The number of rotatable bonds is 11. The lowest BCUT2D eigenvalue weighted by molar-refractivity contribution is -0.156. The van der Waals surface area contributed by atoms with E-state index < -0.39 is 11.6 Å². The van der Waals surface area contributed by atoms with E-state index in [9.17, 15) is 9.59 Å². The van der Waals surface area contributed by atoms with Gasteiger partial charge in [0.2, 0.25) is 0 Å². The second-order valence-corrected chi connectivity index (χ2v) is 6.24. The van der Waals surface area contributed by atoms with Crippen molar-refractivity contribution < 1.29 is 33.6 Å². The minimum atomic E-state index is -0.995. The average Bonchev–Trinajstić information content (AvgIpc) is 2.51. The number of aromatic carboxylic acids is 1. The summed E-state index contributed by atoms with van der Waals surface area (Å²) in [6.07, 6.45) is 0.209. The Morgan fingerprint density at radius 3 is 2.28 bits per heavy atom. The zero-order valence-corrected chi connectivity index (χ0v) is 14.9. The van der Waals surface area contributed by atoms with Crippen molar-refractivity contribution in [2.45, 2.75) is 32.8 Å². The highest BCUT2D eigenvalue weighted by molar-refractivity contribution is 5.87. The molecule has 0 heterocycles. The quantitative estimate of drug-likeness (QED) is 0.482. The van der Waals surface area contributed by atoms with E-state index in [0.717, 1.165) is 0 Å². The molecule has 0 amide bonds. The molecule has 0 saturated heterocycles. The molecular formula is C18H26O7. The first kappa shape index (κ1) is 20.9. The van der Waals surface area contributed by atoms with Gasteiger partial charge in [-0.2, -0.15) is 0 Å². The third-order valence-electron chi connectivity index (χ3n) is 2.82. The molecule has 1 aromatic rings. The first-order chi connectivity index (χ1) is 11.8. The summed E-state index contributed by atoms with van der Waals surface area (Å²) in [5.41, 5.74) is -0.304. The zero-order valence-electron chi connectivity index (χ0n) is 14.9. The Bertz CT molecular complexity index is 549. The lowest BCUT2D eigenvalue weighted by Crippen LogP contribution is -2.24. The molecule has 1 rings (SSSR count). The molecule has 25 heavy (non-hydrogen) atoms. The number of benzene rings is 1. The standard InChI is InChI=1S/C18H26O7/c1-18(2,3)25-16(19)7-8-22-9-10-23-11-12-24-15-6-4-5-14(13-15)17(20)21/h4-6,13H,7-12H2,1-3H3,(H,20,21). The summed E-state index contributed by atoms with van der Waals surface area (Å²) in [6.45, 7) is 7.16. The van der Waals surface area contributed by atoms with E-state index in [-0.39, 0.29) is 24.6 Å². The van der Waals surface area contributed by atoms with Gasteiger partial charge in [-0.25, -0.2) is 4.79 Å². The molecule has 1 N–H and O–H groups in total. The lowest BCUT2D eigenvalue weighted by Gasteiger charge is -2.19. The van der Waals surface area contributed by atoms with Gasteiger partial charge < -0.3 is 24.1 Å². The number of ether oxygens (including phenoxy) is 4. The smallest absolute Gasteiger partial charge is 0.335 e. The maximum absolute atomic E-state index is 11.4. The van der Waals surface area contributed by atoms with Gasteiger partial charge in [0.25, 0.3) is 0 Å². The number of carboxylic acid groups (broad SMARTS) is 1. The Morgan fingerprint density at radius 2 is 1.64 bits per heavy atom. The van der Waals surface area contributed by atoms with Crippen molar-refractivity contribution in [1.29, 1.82) is 0 Å². The van der Waals surface area contributed by atoms with E-state index in [4.69, 9.17) is 24.1 Å². The van der Waals surface area contributed by atoms with Crippen molar-refractivity contribution in [3.63, 3.8) is 0 Å². The highest BCUT2D eigenvalue weighted by Gasteiger charge is 2.15. The lowest BCUT2D eigenvalue weighted by atomic mass is 10.2. The van der Waals surface area contributed by atoms with Crippen molar-refractivity contribution >= 4 is 11.9 Å². The van der Waals surface area contributed by atoms with Crippen LogP contribution in [0.15, 0.2) is 24.3 Å². The highest BCUT2D eigenvalue weighted by Crippen LogP contribution is 2.13. The second kappa shape index (κ2) is 10.7. The fourth-order valence-corrected chi connectivity index (χ4v) is 1.81. The summed E-state index contributed by atoms with van der Waals surface area (Å²) in [7, 11) is 0. The Morgan fingerprint density at radius 1 is 1.00 bits per heavy atom. The van der Waals surface area contributed by atoms with E-state index in [1.807, 2.05) is 20.8 Å². The summed E-state index contributed by atoms with van der Waals surface area (Å²) < 4.78 is 21.2. The third kappa shape index (κ3) is 10.4. The van der Waals surface area contributed by atoms with Crippen LogP contribution in [-0.2, 0) is 19.0 Å². The normalized spacial score (nSPS) is 11.2. The van der Waals surface area contributed by atoms with Crippen LogP contribution >= 0.6 is 0 Å². The van der Waals surface area contributed by atoms with Crippen LogP contribution in [0, 0.1) is 0 Å². The number of esters is 1. The Hall–Kier alpha value is -2.12. The first-order valence-corrected chi connectivity index (χ1v) is 8.11. The van der Waals surface area contributed by atoms with Crippen LogP contribution < -0.4 is 4.74 Å². The largest absolute Gasteiger partial charge is 0.491 e. The van der Waals surface area contributed by atoms with Crippen molar-refractivity contribution in [2.75, 3.05) is 33.0 Å². The predicted molar refractivity (Wildman–Crippen MR) is 91.0 cm³/mol. The van der Waals surface area contributed by atoms with Gasteiger partial charge in [0.05, 0.1) is 38.4 Å². The molecule has 0 saturated carbocycles. The Labute approximate surface area is 147 Å². The van der Waals surface area contributed by atoms with Crippen molar-refractivity contribution in [1.82, 2.24) is 0 Å². The van der Waals surface area contributed by atoms with Crippen LogP contribution in [0.25, 0.3) is 0 Å². The van der Waals surface area contributed by atoms with Crippen molar-refractivity contribution in [3.05, 3.63) is 29.8 Å². The molecule has 0 fully saturated rings. The summed E-state index contributed by atoms with van der Waals surface area (Å²) in [6, 6.07) is 6.27. The van der Waals surface area contributed by atoms with Gasteiger partial charge in [0.1, 0.15) is 18.0 Å². The summed E-state index contributed by atoms with van der Waals surface area (Å²) in [4.78, 5) is 22.3. The minimum Gasteiger partial charge on any atom is -0.491 e. The first-order valence-electron chi connectivity index (χ1n) is 8.11. The molecule has 0 aliphatic carbocycles. The van der Waals surface area contributed by atoms with E-state index >= 15 is 0 Å². The van der Waals surface area contributed by atoms with Crippen LogP contribution in [0.5, 0.6) is 5.75 Å². The minimum absolute atomic E-state index is 0.178. The molecule has 0 unspecified atom stereocenters. The molecule has 1 aromatic carbocycles. The topological polar surface area (TPSA) is 91.3 Å². The van der Waals surface area contributed by atoms with E-state index in [0.29, 0.717) is 32.2 Å². The van der Waals surface area contributed by atoms with Gasteiger partial charge in [0.15, 0.2) is 0 Å². The molecule has 7 heteroatoms. The van der Waals surface area contributed by atoms with E-state index in [1.54, 1.807) is 12.1 Å². The maximum Gasteiger partial charge on any atom is 0.335 e. The Balaban J connectivity index is 2.01. The van der Waals surface area contributed by atoms with Crippen LogP contribution in [0.3, 0.4) is 0 Å². The fourth-order valence-electron chi connectivity index (χ4n) is 1.81. The molecule has 0 aliphatic heterocycles. The molecule has 0 atom stereocenters. The van der Waals surface area contributed by atoms with Gasteiger partial charge in [-0.3, -0.25) is 4.79 Å². The maximum atomic E-state index is 11.4. The molecule has 140 valence electrons. The number of hydrogen-bond donors (Lipinski definition) is 1. The summed E-state index contributed by atoms with van der Waals surface area (Å²) in [5.74, 6) is -0.798. The summed E-state index contributed by atoms with van der Waals surface area (Å²) in [5, 5.41) is 8.89. The van der Waals surface area contributed by atoms with Gasteiger partial charge in [-0.15, -0.1) is 0 Å². The highest BCUT2D eigenvalue weighted by atomic mass is 16.6. The van der Waals surface area contributed by atoms with Gasteiger partial charge in [0, 0.05) is 0 Å². The van der Waals surface area contributed by atoms with Crippen LogP contribution in [-0.4, -0.2) is 55.7 Å². The van der Waals surface area contributed by atoms with Crippen molar-refractivity contribution in [2.24, 2.45) is 0 Å². The van der Waals surface area contributed by atoms with Crippen LogP contribution in [0.1, 0.15) is 37.6 Å². The average molecular weight is 354 g/mol. The molecule has 7 nitrogen and oxygen atoms in total. The second-order valence-electron chi connectivity index (χ2n) is 6.24. The van der Waals surface area contributed by atoms with E-state index in [2.05, 4.69) is 0 Å². The van der Waals surface area contributed by atoms with Crippen LogP contribution in [0.2, 0.25) is 0 Å². The number of hydrogen-bond acceptors (Lipinski definition) is 6. The zero-order chi connectivity index (χ0) is 18.7. The third-order valence-corrected chi connectivity index (χ3v) is 2.82. The molecule has 0 aliphatic rings. The molecule has 0 radical (unpaired) electrons. The van der Waals surface area contributed by atoms with Gasteiger partial charge in [-0.05, 0) is 39.0 Å².